The molecule has 1 aliphatic heterocycles. The molecule has 0 aromatic heterocycles. The molecule has 0 spiro atoms. The van der Waals surface area contributed by atoms with Crippen molar-refractivity contribution in [3.63, 3.8) is 0 Å². The molecule has 0 saturated heterocycles. The van der Waals surface area contributed by atoms with Gasteiger partial charge in [-0.2, -0.15) is 0 Å². The second-order valence-electron chi connectivity index (χ2n) is 3.94. The summed E-state index contributed by atoms with van der Waals surface area (Å²) in [5, 5.41) is 4.17. The van der Waals surface area contributed by atoms with Gasteiger partial charge in [-0.3, -0.25) is 0 Å². The van der Waals surface area contributed by atoms with Crippen LogP contribution in [0, 0.1) is 6.92 Å². The molecule has 0 amide bonds. The zero-order valence-corrected chi connectivity index (χ0v) is 11.1. The van der Waals surface area contributed by atoms with Crippen LogP contribution >= 0.6 is 11.6 Å². The van der Waals surface area contributed by atoms with Gasteiger partial charge >= 0.3 is 0 Å². The van der Waals surface area contributed by atoms with E-state index in [9.17, 15) is 8.42 Å². The molecule has 1 heterocycles. The Balaban J connectivity index is 2.57. The highest BCUT2D eigenvalue weighted by Crippen LogP contribution is 2.29. The lowest BCUT2D eigenvalue weighted by molar-refractivity contribution is 0.174. The van der Waals surface area contributed by atoms with Gasteiger partial charge in [-0.25, -0.2) is 8.42 Å². The van der Waals surface area contributed by atoms with Gasteiger partial charge in [-0.15, -0.1) is 0 Å². The molecule has 1 aromatic rings. The molecule has 0 radical (unpaired) electrons. The third-order valence-corrected chi connectivity index (χ3v) is 4.40. The molecule has 17 heavy (non-hydrogen) atoms. The molecule has 0 aliphatic carbocycles. The maximum Gasteiger partial charge on any atom is 0.177 e. The first-order chi connectivity index (χ1) is 7.91. The Bertz CT molecular complexity index is 593. The van der Waals surface area contributed by atoms with Crippen LogP contribution in [0.4, 0.5) is 0 Å². The topological polar surface area (TPSA) is 55.7 Å². The van der Waals surface area contributed by atoms with Crippen LogP contribution in [-0.2, 0) is 14.7 Å². The molecule has 1 aliphatic rings. The Kier molecular flexibility index (Phi) is 3.14. The minimum atomic E-state index is -3.30. The summed E-state index contributed by atoms with van der Waals surface area (Å²) in [6.07, 6.45) is 1.86. The third kappa shape index (κ3) is 2.30. The quantitative estimate of drug-likeness (QED) is 0.830. The molecule has 0 fully saturated rings. The molecule has 0 bridgehead atoms. The third-order valence-electron chi connectivity index (χ3n) is 2.67. The predicted molar refractivity (Wildman–Crippen MR) is 66.4 cm³/mol. The summed E-state index contributed by atoms with van der Waals surface area (Å²) in [6, 6.07) is 3.24. The second-order valence-corrected chi connectivity index (χ2v) is 6.31. The van der Waals surface area contributed by atoms with Crippen molar-refractivity contribution in [3.8, 4) is 0 Å². The van der Waals surface area contributed by atoms with E-state index in [-0.39, 0.29) is 9.92 Å². The monoisotopic (exact) mass is 273 g/mol. The van der Waals surface area contributed by atoms with Crippen LogP contribution in [0.3, 0.4) is 0 Å². The van der Waals surface area contributed by atoms with Crippen molar-refractivity contribution in [1.29, 1.82) is 0 Å². The largest absolute Gasteiger partial charge is 0.395 e. The number of sulfone groups is 1. The Morgan fingerprint density at radius 3 is 2.65 bits per heavy atom. The van der Waals surface area contributed by atoms with Gasteiger partial charge in [0.25, 0.3) is 0 Å². The van der Waals surface area contributed by atoms with Crippen molar-refractivity contribution >= 4 is 27.1 Å². The molecular formula is C11H12ClNO3S. The van der Waals surface area contributed by atoms with Crippen molar-refractivity contribution in [3.05, 3.63) is 28.3 Å². The van der Waals surface area contributed by atoms with Crippen LogP contribution in [0.25, 0.3) is 0 Å². The van der Waals surface area contributed by atoms with Gasteiger partial charge in [0.2, 0.25) is 0 Å². The van der Waals surface area contributed by atoms with E-state index in [1.165, 1.54) is 6.07 Å². The van der Waals surface area contributed by atoms with Gasteiger partial charge in [0.15, 0.2) is 9.84 Å². The van der Waals surface area contributed by atoms with Crippen molar-refractivity contribution in [2.45, 2.75) is 18.2 Å². The predicted octanol–water partition coefficient (Wildman–Crippen LogP) is 2.18. The molecule has 92 valence electrons. The van der Waals surface area contributed by atoms with E-state index < -0.39 is 9.84 Å². The molecule has 0 atom stereocenters. The zero-order chi connectivity index (χ0) is 12.6. The highest BCUT2D eigenvalue weighted by Gasteiger charge is 2.20. The highest BCUT2D eigenvalue weighted by molar-refractivity contribution is 7.90. The average Bonchev–Trinajstić information content (AvgIpc) is 2.73. The average molecular weight is 274 g/mol. The first kappa shape index (κ1) is 12.4. The molecule has 0 unspecified atom stereocenters. The Morgan fingerprint density at radius 2 is 2.12 bits per heavy atom. The minimum absolute atomic E-state index is 0.153. The number of nitrogens with zero attached hydrogens (tertiary/aromatic N) is 1. The first-order valence-corrected chi connectivity index (χ1v) is 7.36. The Hall–Kier alpha value is -1.07. The molecule has 6 heteroatoms. The van der Waals surface area contributed by atoms with E-state index >= 15 is 0 Å². The van der Waals surface area contributed by atoms with Gasteiger partial charge in [0, 0.05) is 18.2 Å². The van der Waals surface area contributed by atoms with Crippen LogP contribution in [0.2, 0.25) is 5.02 Å². The normalized spacial score (nSPS) is 15.6. The lowest BCUT2D eigenvalue weighted by Gasteiger charge is -2.09. The molecule has 2 rings (SSSR count). The summed E-state index contributed by atoms with van der Waals surface area (Å²) in [4.78, 5) is 5.08. The summed E-state index contributed by atoms with van der Waals surface area (Å²) >= 11 is 6.09. The summed E-state index contributed by atoms with van der Waals surface area (Å²) < 4.78 is 23.0. The number of oxime groups is 1. The van der Waals surface area contributed by atoms with Crippen LogP contribution in [0.1, 0.15) is 17.5 Å². The summed E-state index contributed by atoms with van der Waals surface area (Å²) in [5.74, 6) is 0. The van der Waals surface area contributed by atoms with E-state index in [1.807, 2.05) is 0 Å². The van der Waals surface area contributed by atoms with Gasteiger partial charge in [0.05, 0.1) is 15.6 Å². The summed E-state index contributed by atoms with van der Waals surface area (Å²) in [6.45, 7) is 2.34. The van der Waals surface area contributed by atoms with Crippen LogP contribution in [0.15, 0.2) is 22.2 Å². The van der Waals surface area contributed by atoms with Gasteiger partial charge in [-0.1, -0.05) is 22.8 Å². The van der Waals surface area contributed by atoms with E-state index in [1.54, 1.807) is 13.0 Å². The highest BCUT2D eigenvalue weighted by atomic mass is 35.5. The maximum atomic E-state index is 11.5. The number of halogens is 1. The summed E-state index contributed by atoms with van der Waals surface area (Å²) in [7, 11) is -3.30. The second kappa shape index (κ2) is 4.31. The number of hydrogen-bond donors (Lipinski definition) is 0. The molecule has 0 saturated carbocycles. The maximum absolute atomic E-state index is 11.5. The number of benzene rings is 1. The van der Waals surface area contributed by atoms with Crippen LogP contribution in [-0.4, -0.2) is 27.0 Å². The van der Waals surface area contributed by atoms with Crippen molar-refractivity contribution < 1.29 is 13.3 Å². The minimum Gasteiger partial charge on any atom is -0.395 e. The SMILES string of the molecule is Cc1c(C2=NOCC2)ccc(S(C)(=O)=O)c1Cl. The van der Waals surface area contributed by atoms with E-state index in [0.29, 0.717) is 6.61 Å². The fraction of sp³-hybridized carbons (Fsp3) is 0.364. The van der Waals surface area contributed by atoms with Gasteiger partial charge < -0.3 is 4.84 Å². The molecule has 0 N–H and O–H groups in total. The zero-order valence-electron chi connectivity index (χ0n) is 9.53. The molecule has 1 aromatic carbocycles. The Labute approximate surface area is 105 Å². The first-order valence-electron chi connectivity index (χ1n) is 5.09. The van der Waals surface area contributed by atoms with E-state index in [4.69, 9.17) is 16.4 Å². The van der Waals surface area contributed by atoms with E-state index in [0.717, 1.165) is 29.5 Å². The molecular weight excluding hydrogens is 262 g/mol. The van der Waals surface area contributed by atoms with Crippen LogP contribution in [0.5, 0.6) is 0 Å². The lowest BCUT2D eigenvalue weighted by atomic mass is 10.0. The molecule has 4 nitrogen and oxygen atoms in total. The fourth-order valence-electron chi connectivity index (χ4n) is 1.75. The van der Waals surface area contributed by atoms with Crippen molar-refractivity contribution in [2.24, 2.45) is 5.16 Å². The van der Waals surface area contributed by atoms with Gasteiger partial charge in [-0.05, 0) is 18.6 Å². The smallest absolute Gasteiger partial charge is 0.177 e. The lowest BCUT2D eigenvalue weighted by Crippen LogP contribution is -2.05. The van der Waals surface area contributed by atoms with Gasteiger partial charge in [0.1, 0.15) is 6.61 Å². The van der Waals surface area contributed by atoms with Crippen molar-refractivity contribution in [2.75, 3.05) is 12.9 Å². The number of hydrogen-bond acceptors (Lipinski definition) is 4. The summed E-state index contributed by atoms with van der Waals surface area (Å²) in [5.41, 5.74) is 2.38. The fourth-order valence-corrected chi connectivity index (χ4v) is 3.13. The van der Waals surface area contributed by atoms with Crippen LogP contribution < -0.4 is 0 Å². The standard InChI is InChI=1S/C11H12ClNO3S/c1-7-8(9-5-6-16-13-9)3-4-10(11(7)12)17(2,14)15/h3-4H,5-6H2,1-2H3. The van der Waals surface area contributed by atoms with Crippen molar-refractivity contribution in [1.82, 2.24) is 0 Å². The van der Waals surface area contributed by atoms with E-state index in [2.05, 4.69) is 5.16 Å². The number of rotatable bonds is 2. The Morgan fingerprint density at radius 1 is 1.41 bits per heavy atom.